The Morgan fingerprint density at radius 1 is 1.32 bits per heavy atom. The van der Waals surface area contributed by atoms with Crippen LogP contribution in [0.5, 0.6) is 0 Å². The largest absolute Gasteiger partial charge is 0.396 e. The number of fused-ring (bicyclic) bond motifs is 2. The van der Waals surface area contributed by atoms with E-state index < -0.39 is 12.0 Å². The van der Waals surface area contributed by atoms with Crippen LogP contribution in [0.15, 0.2) is 41.1 Å². The zero-order chi connectivity index (χ0) is 22.3. The molecule has 1 amide bonds. The van der Waals surface area contributed by atoms with Gasteiger partial charge in [0.15, 0.2) is 5.65 Å². The van der Waals surface area contributed by atoms with E-state index in [1.54, 1.807) is 32.3 Å². The number of halogens is 2. The number of hydrogen-bond donors (Lipinski definition) is 3. The van der Waals surface area contributed by atoms with Crippen molar-refractivity contribution in [2.24, 2.45) is 5.92 Å². The van der Waals surface area contributed by atoms with Gasteiger partial charge in [-0.25, -0.2) is 9.37 Å². The number of pyridine rings is 1. The second-order valence-electron chi connectivity index (χ2n) is 7.36. The number of carbonyl (C=O) groups excluding carboxylic acids is 1. The molecule has 0 saturated heterocycles. The molecule has 3 aromatic heterocycles. The van der Waals surface area contributed by atoms with Crippen LogP contribution < -0.4 is 11.1 Å². The van der Waals surface area contributed by atoms with Crippen LogP contribution in [0.1, 0.15) is 25.6 Å². The highest BCUT2D eigenvalue weighted by Crippen LogP contribution is 2.33. The van der Waals surface area contributed by atoms with Crippen molar-refractivity contribution in [3.63, 3.8) is 0 Å². The van der Waals surface area contributed by atoms with Crippen molar-refractivity contribution >= 4 is 44.2 Å². The topological polar surface area (TPSA) is 118 Å². The lowest BCUT2D eigenvalue weighted by Gasteiger charge is -2.18. The number of nitrogen functional groups attached to an aromatic ring is 1. The predicted molar refractivity (Wildman–Crippen MR) is 119 cm³/mol. The number of anilines is 1. The van der Waals surface area contributed by atoms with Gasteiger partial charge in [0.25, 0.3) is 0 Å². The standard InChI is InChI=1S/C21H20BrFN6O2/c1-10(9-30)21(31)27-11(2)18-17(22)19(24)29-20(28-18)15(8-26-29)13-5-12-6-14(23)3-4-16(12)25-7-13/h3-8,10-11,30H,9,24H2,1-2H3,(H,27,31)/t10-,11?/m0/s1. The maximum atomic E-state index is 13.7. The molecule has 1 unspecified atom stereocenters. The SMILES string of the molecule is CC(NC(=O)[C@@H](C)CO)c1nc2c(-c3cnc4ccc(F)cc4c3)cnn2c(N)c1Br. The molecule has 8 nitrogen and oxygen atoms in total. The molecule has 0 radical (unpaired) electrons. The first-order chi connectivity index (χ1) is 14.8. The fourth-order valence-corrected chi connectivity index (χ4v) is 3.86. The lowest BCUT2D eigenvalue weighted by Crippen LogP contribution is -2.33. The van der Waals surface area contributed by atoms with Crippen LogP contribution in [0.4, 0.5) is 10.2 Å². The Morgan fingerprint density at radius 3 is 2.84 bits per heavy atom. The summed E-state index contributed by atoms with van der Waals surface area (Å²) in [5.74, 6) is -0.863. The van der Waals surface area contributed by atoms with Gasteiger partial charge in [-0.2, -0.15) is 9.61 Å². The first-order valence-corrected chi connectivity index (χ1v) is 10.4. The highest BCUT2D eigenvalue weighted by Gasteiger charge is 2.22. The van der Waals surface area contributed by atoms with E-state index in [0.29, 0.717) is 43.7 Å². The number of benzene rings is 1. The average molecular weight is 487 g/mol. The molecule has 0 aliphatic heterocycles. The minimum absolute atomic E-state index is 0.253. The molecule has 2 atom stereocenters. The summed E-state index contributed by atoms with van der Waals surface area (Å²) in [4.78, 5) is 21.3. The average Bonchev–Trinajstić information content (AvgIpc) is 3.19. The Balaban J connectivity index is 1.81. The van der Waals surface area contributed by atoms with Gasteiger partial charge in [-0.3, -0.25) is 9.78 Å². The van der Waals surface area contributed by atoms with Crippen LogP contribution in [0.25, 0.3) is 27.7 Å². The quantitative estimate of drug-likeness (QED) is 0.398. The first-order valence-electron chi connectivity index (χ1n) is 9.59. The normalized spacial score (nSPS) is 13.5. The van der Waals surface area contributed by atoms with Gasteiger partial charge in [-0.05, 0) is 47.1 Å². The Bertz CT molecular complexity index is 1310. The monoisotopic (exact) mass is 486 g/mol. The Morgan fingerprint density at radius 2 is 2.10 bits per heavy atom. The minimum atomic E-state index is -0.545. The summed E-state index contributed by atoms with van der Waals surface area (Å²) in [6.45, 7) is 3.16. The Labute approximate surface area is 185 Å². The molecule has 0 aliphatic rings. The van der Waals surface area contributed by atoms with Gasteiger partial charge >= 0.3 is 0 Å². The highest BCUT2D eigenvalue weighted by molar-refractivity contribution is 9.10. The molecule has 0 bridgehead atoms. The summed E-state index contributed by atoms with van der Waals surface area (Å²) >= 11 is 3.45. The van der Waals surface area contributed by atoms with Crippen LogP contribution >= 0.6 is 15.9 Å². The van der Waals surface area contributed by atoms with Crippen molar-refractivity contribution in [2.45, 2.75) is 19.9 Å². The number of aromatic nitrogens is 4. The van der Waals surface area contributed by atoms with Crippen LogP contribution in [0.3, 0.4) is 0 Å². The van der Waals surface area contributed by atoms with Crippen molar-refractivity contribution in [2.75, 3.05) is 12.3 Å². The molecule has 10 heteroatoms. The summed E-state index contributed by atoms with van der Waals surface area (Å²) in [5.41, 5.74) is 9.31. The van der Waals surface area contributed by atoms with Crippen molar-refractivity contribution in [1.82, 2.24) is 24.9 Å². The number of nitrogens with one attached hydrogen (secondary N) is 1. The van der Waals surface area contributed by atoms with Gasteiger partial charge in [0.05, 0.1) is 40.4 Å². The molecule has 0 saturated carbocycles. The second kappa shape index (κ2) is 8.20. The molecule has 160 valence electrons. The molecular formula is C21H20BrFN6O2. The number of aliphatic hydroxyl groups is 1. The third-order valence-corrected chi connectivity index (χ3v) is 5.91. The third-order valence-electron chi connectivity index (χ3n) is 5.09. The summed E-state index contributed by atoms with van der Waals surface area (Å²) in [6, 6.07) is 5.74. The van der Waals surface area contributed by atoms with E-state index in [1.165, 1.54) is 16.6 Å². The van der Waals surface area contributed by atoms with Crippen molar-refractivity contribution in [3.05, 3.63) is 52.6 Å². The molecule has 0 fully saturated rings. The molecule has 4 aromatic rings. The number of aliphatic hydroxyl groups excluding tert-OH is 1. The maximum absolute atomic E-state index is 13.7. The molecule has 4 rings (SSSR count). The zero-order valence-electron chi connectivity index (χ0n) is 16.8. The third kappa shape index (κ3) is 3.84. The van der Waals surface area contributed by atoms with E-state index in [0.717, 1.165) is 0 Å². The lowest BCUT2D eigenvalue weighted by molar-refractivity contribution is -0.126. The van der Waals surface area contributed by atoms with E-state index in [2.05, 4.69) is 31.3 Å². The smallest absolute Gasteiger partial charge is 0.225 e. The number of carbonyl (C=O) groups is 1. The summed E-state index contributed by atoms with van der Waals surface area (Å²) in [7, 11) is 0. The van der Waals surface area contributed by atoms with Crippen LogP contribution in [0.2, 0.25) is 0 Å². The van der Waals surface area contributed by atoms with Crippen molar-refractivity contribution < 1.29 is 14.3 Å². The van der Waals surface area contributed by atoms with Gasteiger partial charge < -0.3 is 16.2 Å². The van der Waals surface area contributed by atoms with Gasteiger partial charge in [0, 0.05) is 22.7 Å². The van der Waals surface area contributed by atoms with Gasteiger partial charge in [0.2, 0.25) is 5.91 Å². The maximum Gasteiger partial charge on any atom is 0.225 e. The van der Waals surface area contributed by atoms with E-state index in [4.69, 9.17) is 10.7 Å². The number of rotatable bonds is 5. The van der Waals surface area contributed by atoms with E-state index in [-0.39, 0.29) is 18.3 Å². The minimum Gasteiger partial charge on any atom is -0.396 e. The molecular weight excluding hydrogens is 467 g/mol. The van der Waals surface area contributed by atoms with Crippen molar-refractivity contribution in [3.8, 4) is 11.1 Å². The molecule has 3 heterocycles. The summed E-state index contributed by atoms with van der Waals surface area (Å²) in [6.07, 6.45) is 3.29. The molecule has 4 N–H and O–H groups in total. The number of amides is 1. The van der Waals surface area contributed by atoms with E-state index in [1.807, 2.05) is 6.07 Å². The van der Waals surface area contributed by atoms with Gasteiger partial charge in [0.1, 0.15) is 11.6 Å². The number of hydrogen-bond acceptors (Lipinski definition) is 6. The van der Waals surface area contributed by atoms with Crippen LogP contribution in [0, 0.1) is 11.7 Å². The molecule has 31 heavy (non-hydrogen) atoms. The lowest BCUT2D eigenvalue weighted by atomic mass is 10.1. The van der Waals surface area contributed by atoms with Crippen LogP contribution in [-0.4, -0.2) is 37.2 Å². The highest BCUT2D eigenvalue weighted by atomic mass is 79.9. The number of nitrogens with two attached hydrogens (primary N) is 1. The van der Waals surface area contributed by atoms with Gasteiger partial charge in [-0.1, -0.05) is 6.92 Å². The Kier molecular flexibility index (Phi) is 5.59. The van der Waals surface area contributed by atoms with E-state index >= 15 is 0 Å². The fourth-order valence-electron chi connectivity index (χ4n) is 3.26. The second-order valence-corrected chi connectivity index (χ2v) is 8.16. The Hall–Kier alpha value is -3.11. The van der Waals surface area contributed by atoms with Gasteiger partial charge in [-0.15, -0.1) is 0 Å². The molecule has 1 aromatic carbocycles. The zero-order valence-corrected chi connectivity index (χ0v) is 18.4. The van der Waals surface area contributed by atoms with E-state index in [9.17, 15) is 14.3 Å². The predicted octanol–water partition coefficient (Wildman–Crippen LogP) is 3.23. The fraction of sp³-hybridized carbons (Fsp3) is 0.238. The van der Waals surface area contributed by atoms with Crippen molar-refractivity contribution in [1.29, 1.82) is 0 Å². The van der Waals surface area contributed by atoms with Crippen LogP contribution in [-0.2, 0) is 4.79 Å². The molecule has 0 spiro atoms. The number of nitrogens with zero attached hydrogens (tertiary/aromatic N) is 4. The molecule has 0 aliphatic carbocycles. The first kappa shape index (κ1) is 21.1. The summed E-state index contributed by atoms with van der Waals surface area (Å²) in [5, 5.41) is 17.0. The summed E-state index contributed by atoms with van der Waals surface area (Å²) < 4.78 is 15.7.